The van der Waals surface area contributed by atoms with Crippen molar-refractivity contribution < 1.29 is 33.8 Å². The smallest absolute Gasteiger partial charge is 0.335 e. The second-order valence-electron chi connectivity index (χ2n) is 8.30. The lowest BCUT2D eigenvalue weighted by atomic mass is 10.1. The number of halogens is 1. The Morgan fingerprint density at radius 1 is 1.05 bits per heavy atom. The third kappa shape index (κ3) is 5.60. The molecular weight excluding hydrogens is 556 g/mol. The van der Waals surface area contributed by atoms with Crippen molar-refractivity contribution in [3.8, 4) is 11.5 Å². The van der Waals surface area contributed by atoms with Gasteiger partial charge in [0.15, 0.2) is 11.5 Å². The van der Waals surface area contributed by atoms with E-state index in [9.17, 15) is 19.2 Å². The maximum atomic E-state index is 13.3. The van der Waals surface area contributed by atoms with Gasteiger partial charge in [-0.2, -0.15) is 0 Å². The van der Waals surface area contributed by atoms with Crippen molar-refractivity contribution in [3.05, 3.63) is 93.0 Å². The number of aromatic carboxylic acids is 1. The number of hydrogen-bond donors (Lipinski definition) is 2. The number of benzene rings is 3. The van der Waals surface area contributed by atoms with Crippen LogP contribution in [0.25, 0.3) is 6.08 Å². The Morgan fingerprint density at radius 3 is 2.42 bits per heavy atom. The lowest BCUT2D eigenvalue weighted by Gasteiger charge is -2.27. The number of carboxylic acid groups (broad SMARTS) is 1. The first-order valence-electron chi connectivity index (χ1n) is 11.6. The van der Waals surface area contributed by atoms with Crippen molar-refractivity contribution >= 4 is 51.5 Å². The molecule has 10 heteroatoms. The first kappa shape index (κ1) is 26.6. The van der Waals surface area contributed by atoms with Crippen LogP contribution in [0.5, 0.6) is 11.5 Å². The number of imide groups is 2. The summed E-state index contributed by atoms with van der Waals surface area (Å²) in [6, 6.07) is 15.7. The second-order valence-corrected chi connectivity index (χ2v) is 9.15. The number of carbonyl (C=O) groups excluding carboxylic acids is 3. The summed E-state index contributed by atoms with van der Waals surface area (Å²) in [5.41, 5.74) is 2.26. The van der Waals surface area contributed by atoms with Gasteiger partial charge in [0.2, 0.25) is 0 Å². The van der Waals surface area contributed by atoms with E-state index < -0.39 is 23.8 Å². The second kappa shape index (κ2) is 11.3. The molecule has 1 heterocycles. The predicted octanol–water partition coefficient (Wildman–Crippen LogP) is 5.10. The highest BCUT2D eigenvalue weighted by Gasteiger charge is 2.37. The number of carboxylic acids is 1. The fourth-order valence-corrected chi connectivity index (χ4v) is 4.40. The van der Waals surface area contributed by atoms with E-state index in [2.05, 4.69) is 21.2 Å². The quantitative estimate of drug-likeness (QED) is 0.281. The Bertz CT molecular complexity index is 1460. The van der Waals surface area contributed by atoms with Gasteiger partial charge in [0.25, 0.3) is 11.8 Å². The molecule has 38 heavy (non-hydrogen) atoms. The molecule has 1 aliphatic heterocycles. The van der Waals surface area contributed by atoms with Crippen LogP contribution in [-0.4, -0.2) is 35.5 Å². The van der Waals surface area contributed by atoms with Crippen LogP contribution in [0.15, 0.2) is 70.7 Å². The van der Waals surface area contributed by atoms with Crippen LogP contribution in [0, 0.1) is 6.92 Å². The van der Waals surface area contributed by atoms with Crippen LogP contribution in [0.1, 0.15) is 34.0 Å². The number of aryl methyl sites for hydroxylation is 1. The molecule has 1 fully saturated rings. The maximum absolute atomic E-state index is 13.3. The monoisotopic (exact) mass is 578 g/mol. The Balaban J connectivity index is 1.64. The SMILES string of the molecule is CCOc1cc(/C=C2\C(=O)NC(=O)N(c3ccccc3C)C2=O)cc(Br)c1OCc1ccc(C(=O)O)cc1. The van der Waals surface area contributed by atoms with E-state index in [1.54, 1.807) is 62.4 Å². The minimum atomic E-state index is -1.01. The summed E-state index contributed by atoms with van der Waals surface area (Å²) in [4.78, 5) is 50.4. The third-order valence-corrected chi connectivity index (χ3v) is 6.27. The summed E-state index contributed by atoms with van der Waals surface area (Å²) in [6.45, 7) is 4.04. The van der Waals surface area contributed by atoms with E-state index in [-0.39, 0.29) is 17.7 Å². The van der Waals surface area contributed by atoms with E-state index in [1.807, 2.05) is 0 Å². The largest absolute Gasteiger partial charge is 0.490 e. The minimum Gasteiger partial charge on any atom is -0.490 e. The zero-order valence-electron chi connectivity index (χ0n) is 20.5. The van der Waals surface area contributed by atoms with E-state index in [0.717, 1.165) is 10.5 Å². The van der Waals surface area contributed by atoms with E-state index in [0.29, 0.717) is 39.4 Å². The zero-order valence-corrected chi connectivity index (χ0v) is 22.1. The average Bonchev–Trinajstić information content (AvgIpc) is 2.87. The Labute approximate surface area is 226 Å². The van der Waals surface area contributed by atoms with E-state index in [4.69, 9.17) is 14.6 Å². The number of amides is 4. The van der Waals surface area contributed by atoms with Crippen molar-refractivity contribution in [3.63, 3.8) is 0 Å². The van der Waals surface area contributed by atoms with Gasteiger partial charge < -0.3 is 14.6 Å². The van der Waals surface area contributed by atoms with Crippen LogP contribution in [0.2, 0.25) is 0 Å². The van der Waals surface area contributed by atoms with Crippen molar-refractivity contribution in [1.82, 2.24) is 5.32 Å². The Kier molecular flexibility index (Phi) is 7.92. The molecule has 4 amide bonds. The van der Waals surface area contributed by atoms with E-state index in [1.165, 1.54) is 18.2 Å². The van der Waals surface area contributed by atoms with Crippen LogP contribution >= 0.6 is 15.9 Å². The number of hydrogen-bond acceptors (Lipinski definition) is 6. The number of urea groups is 1. The number of anilines is 1. The molecule has 0 radical (unpaired) electrons. The highest BCUT2D eigenvalue weighted by Crippen LogP contribution is 2.38. The first-order chi connectivity index (χ1) is 18.2. The fourth-order valence-electron chi connectivity index (χ4n) is 3.83. The average molecular weight is 579 g/mol. The first-order valence-corrected chi connectivity index (χ1v) is 12.4. The zero-order chi connectivity index (χ0) is 27.4. The highest BCUT2D eigenvalue weighted by molar-refractivity contribution is 9.10. The Morgan fingerprint density at radius 2 is 1.76 bits per heavy atom. The normalized spacial score (nSPS) is 14.4. The summed E-state index contributed by atoms with van der Waals surface area (Å²) < 4.78 is 12.2. The van der Waals surface area contributed by atoms with Crippen molar-refractivity contribution in [1.29, 1.82) is 0 Å². The maximum Gasteiger partial charge on any atom is 0.335 e. The molecule has 9 nitrogen and oxygen atoms in total. The number of para-hydroxylation sites is 1. The summed E-state index contributed by atoms with van der Waals surface area (Å²) >= 11 is 3.47. The van der Waals surface area contributed by atoms with Gasteiger partial charge in [-0.15, -0.1) is 0 Å². The van der Waals surface area contributed by atoms with Crippen molar-refractivity contribution in [2.75, 3.05) is 11.5 Å². The van der Waals surface area contributed by atoms with Crippen LogP contribution in [0.4, 0.5) is 10.5 Å². The van der Waals surface area contributed by atoms with Gasteiger partial charge >= 0.3 is 12.0 Å². The predicted molar refractivity (Wildman–Crippen MR) is 143 cm³/mol. The number of carbonyl (C=O) groups is 4. The Hall–Kier alpha value is -4.44. The molecule has 0 saturated carbocycles. The molecule has 4 rings (SSSR count). The number of ether oxygens (including phenoxy) is 2. The van der Waals surface area contributed by atoms with Gasteiger partial charge in [0, 0.05) is 0 Å². The standard InChI is InChI=1S/C28H23BrN2O7/c1-3-37-23-14-18(13-21(29)24(23)38-15-17-8-10-19(11-9-17)27(34)35)12-20-25(32)30-28(36)31(26(20)33)22-7-5-4-6-16(22)2/h4-14H,3,15H2,1-2H3,(H,34,35)(H,30,32,36)/b20-12+. The molecule has 0 spiro atoms. The molecule has 0 atom stereocenters. The van der Waals surface area contributed by atoms with Crippen LogP contribution < -0.4 is 19.7 Å². The molecule has 0 aromatic heterocycles. The van der Waals surface area contributed by atoms with Gasteiger partial charge in [0.05, 0.1) is 22.3 Å². The summed E-state index contributed by atoms with van der Waals surface area (Å²) in [6.07, 6.45) is 1.39. The topological polar surface area (TPSA) is 122 Å². The lowest BCUT2D eigenvalue weighted by molar-refractivity contribution is -0.122. The molecule has 1 saturated heterocycles. The molecule has 0 aliphatic carbocycles. The van der Waals surface area contributed by atoms with Gasteiger partial charge in [-0.05, 0) is 82.9 Å². The van der Waals surface area contributed by atoms with Crippen molar-refractivity contribution in [2.24, 2.45) is 0 Å². The minimum absolute atomic E-state index is 0.146. The third-order valence-electron chi connectivity index (χ3n) is 5.68. The highest BCUT2D eigenvalue weighted by atomic mass is 79.9. The van der Waals surface area contributed by atoms with Crippen molar-refractivity contribution in [2.45, 2.75) is 20.5 Å². The molecule has 0 bridgehead atoms. The number of barbiturate groups is 1. The summed E-state index contributed by atoms with van der Waals surface area (Å²) in [5, 5.41) is 11.3. The van der Waals surface area contributed by atoms with Gasteiger partial charge in [-0.1, -0.05) is 30.3 Å². The number of rotatable bonds is 8. The van der Waals surface area contributed by atoms with Gasteiger partial charge in [0.1, 0.15) is 12.2 Å². The van der Waals surface area contributed by atoms with Crippen LogP contribution in [0.3, 0.4) is 0 Å². The molecular formula is C28H23BrN2O7. The van der Waals surface area contributed by atoms with Gasteiger partial charge in [-0.25, -0.2) is 14.5 Å². The summed E-state index contributed by atoms with van der Waals surface area (Å²) in [7, 11) is 0. The molecule has 0 unspecified atom stereocenters. The lowest BCUT2D eigenvalue weighted by Crippen LogP contribution is -2.54. The molecule has 3 aromatic rings. The van der Waals surface area contributed by atoms with E-state index >= 15 is 0 Å². The molecule has 1 aliphatic rings. The molecule has 194 valence electrons. The number of nitrogens with one attached hydrogen (secondary N) is 1. The number of nitrogens with zero attached hydrogens (tertiary/aromatic N) is 1. The summed E-state index contributed by atoms with van der Waals surface area (Å²) in [5.74, 6) is -1.80. The van der Waals surface area contributed by atoms with Crippen LogP contribution in [-0.2, 0) is 16.2 Å². The van der Waals surface area contributed by atoms with Gasteiger partial charge in [-0.3, -0.25) is 14.9 Å². The molecule has 3 aromatic carbocycles. The fraction of sp³-hybridized carbons (Fsp3) is 0.143. The molecule has 2 N–H and O–H groups in total.